The first-order valence-electron chi connectivity index (χ1n) is 38.6. The second-order valence-electron chi connectivity index (χ2n) is 29.9. The number of ether oxygens (including phenoxy) is 4. The van der Waals surface area contributed by atoms with E-state index in [0.717, 1.165) is 48.5 Å². The van der Waals surface area contributed by atoms with Crippen LogP contribution in [0.4, 0.5) is 19.2 Å². The quantitative estimate of drug-likeness (QED) is 0.0475. The Bertz CT molecular complexity index is 7120. The van der Waals surface area contributed by atoms with Gasteiger partial charge in [0.2, 0.25) is 22.2 Å². The molecule has 3 aromatic heterocycles. The normalized spacial score (nSPS) is 19.6. The molecule has 7 aromatic carbocycles. The molecular formula is C89H66N18O19S2. The zero-order valence-electron chi connectivity index (χ0n) is 67.7. The molecular weight excluding hydrogens is 1690 g/mol. The van der Waals surface area contributed by atoms with Crippen molar-refractivity contribution in [2.24, 2.45) is 7.05 Å². The molecule has 12 heterocycles. The van der Waals surface area contributed by atoms with Crippen molar-refractivity contribution >= 4 is 126 Å². The number of urea groups is 4. The number of hydrogen-bond acceptors (Lipinski definition) is 24. The third kappa shape index (κ3) is 16.3. The Hall–Kier alpha value is -17.2. The van der Waals surface area contributed by atoms with E-state index in [1.807, 2.05) is 31.3 Å². The molecule has 0 unspecified atom stereocenters. The third-order valence-corrected chi connectivity index (χ3v) is 23.7. The number of H-pyrrole nitrogens is 1. The van der Waals surface area contributed by atoms with Crippen LogP contribution in [-0.4, -0.2) is 194 Å². The fourth-order valence-electron chi connectivity index (χ4n) is 15.3. The first-order chi connectivity index (χ1) is 61.4. The van der Waals surface area contributed by atoms with E-state index >= 15 is 0 Å². The van der Waals surface area contributed by atoms with Crippen molar-refractivity contribution in [2.45, 2.75) is 48.3 Å². The smallest absolute Gasteiger partial charge is 0.323 e. The molecule has 39 heteroatoms. The Morgan fingerprint density at radius 2 is 0.781 bits per heavy atom. The van der Waals surface area contributed by atoms with E-state index in [1.165, 1.54) is 83.8 Å². The molecule has 11 N–H and O–H groups in total. The van der Waals surface area contributed by atoms with Gasteiger partial charge >= 0.3 is 29.0 Å². The van der Waals surface area contributed by atoms with E-state index < -0.39 is 81.7 Å². The average Bonchev–Trinajstić information content (AvgIpc) is 1.63. The zero-order chi connectivity index (χ0) is 90.4. The van der Waals surface area contributed by atoms with Gasteiger partial charge in [-0.3, -0.25) is 84.7 Å². The van der Waals surface area contributed by atoms with E-state index in [1.54, 1.807) is 108 Å². The number of carbonyl (C=O) groups excluding carboxylic acids is 14. The van der Waals surface area contributed by atoms with Crippen LogP contribution in [0.5, 0.6) is 23.0 Å². The van der Waals surface area contributed by atoms with Crippen molar-refractivity contribution in [1.82, 2.24) is 82.0 Å². The Morgan fingerprint density at radius 3 is 1.16 bits per heavy atom. The number of aryl methyl sites for hydroxylation is 1. The molecule has 9 aliphatic heterocycles. The summed E-state index contributed by atoms with van der Waals surface area (Å²) < 4.78 is 24.1. The van der Waals surface area contributed by atoms with Crippen LogP contribution in [0.1, 0.15) is 112 Å². The molecule has 0 saturated carbocycles. The molecule has 0 bridgehead atoms. The molecule has 638 valence electrons. The number of aromatic nitrogens is 3. The predicted molar refractivity (Wildman–Crippen MR) is 452 cm³/mol. The van der Waals surface area contributed by atoms with Gasteiger partial charge in [0, 0.05) is 78.4 Å². The van der Waals surface area contributed by atoms with Crippen LogP contribution in [0, 0.1) is 64.1 Å². The highest BCUT2D eigenvalue weighted by Crippen LogP contribution is 2.35. The van der Waals surface area contributed by atoms with Crippen molar-refractivity contribution in [3.63, 3.8) is 0 Å². The van der Waals surface area contributed by atoms with Gasteiger partial charge in [0.05, 0.1) is 91.7 Å². The maximum absolute atomic E-state index is 13.0. The van der Waals surface area contributed by atoms with Gasteiger partial charge < -0.3 is 69.4 Å². The molecule has 4 saturated heterocycles. The lowest BCUT2D eigenvalue weighted by atomic mass is 9.98. The van der Waals surface area contributed by atoms with E-state index in [0.29, 0.717) is 84.4 Å². The van der Waals surface area contributed by atoms with Crippen molar-refractivity contribution in [1.29, 1.82) is 10.7 Å². The highest BCUT2D eigenvalue weighted by molar-refractivity contribution is 7.16. The number of rotatable bonds is 12. The lowest BCUT2D eigenvalue weighted by molar-refractivity contribution is -0.123. The number of nitrogens with zero attached hydrogens (tertiary/aromatic N) is 7. The first-order valence-corrected chi connectivity index (χ1v) is 40.2. The predicted octanol–water partition coefficient (Wildman–Crippen LogP) is 3.21. The van der Waals surface area contributed by atoms with Gasteiger partial charge in [-0.2, -0.15) is 5.26 Å². The van der Waals surface area contributed by atoms with Crippen molar-refractivity contribution in [2.75, 3.05) is 54.6 Å². The second-order valence-corrected chi connectivity index (χ2v) is 32.0. The number of pyridine rings is 1. The summed E-state index contributed by atoms with van der Waals surface area (Å²) in [4.78, 5) is 198. The van der Waals surface area contributed by atoms with Crippen LogP contribution in [0.25, 0.3) is 20.4 Å². The number of carbonyl (C=O) groups is 14. The highest BCUT2D eigenvalue weighted by atomic mass is 32.1. The van der Waals surface area contributed by atoms with Crippen LogP contribution < -0.4 is 76.5 Å². The molecule has 0 spiro atoms. The number of imide groups is 5. The number of nitriles is 1. The Balaban J connectivity index is 0.000000125. The molecule has 4 fully saturated rings. The monoisotopic (exact) mass is 1750 g/mol. The number of fused-ring (bicyclic) bond motifs is 7. The number of benzene rings is 7. The van der Waals surface area contributed by atoms with Crippen molar-refractivity contribution in [3.8, 4) is 76.4 Å². The van der Waals surface area contributed by atoms with E-state index in [4.69, 9.17) is 24.4 Å². The van der Waals surface area contributed by atoms with Crippen LogP contribution in [0.2, 0.25) is 0 Å². The van der Waals surface area contributed by atoms with Crippen molar-refractivity contribution in [3.05, 3.63) is 244 Å². The summed E-state index contributed by atoms with van der Waals surface area (Å²) in [6.07, 6.45) is 1.46. The molecule has 0 aliphatic carbocycles. The van der Waals surface area contributed by atoms with E-state index in [2.05, 4.69) is 105 Å². The van der Waals surface area contributed by atoms with Gasteiger partial charge in [-0.05, 0) is 138 Å². The van der Waals surface area contributed by atoms with Gasteiger partial charge in [0.15, 0.2) is 10.5 Å². The minimum atomic E-state index is -1.68. The largest absolute Gasteiger partial charge is 0.497 e. The van der Waals surface area contributed by atoms with Crippen LogP contribution in [0.15, 0.2) is 151 Å². The van der Waals surface area contributed by atoms with Gasteiger partial charge in [0.25, 0.3) is 59.1 Å². The lowest BCUT2D eigenvalue weighted by Crippen LogP contribution is -2.54. The molecule has 9 aliphatic rings. The summed E-state index contributed by atoms with van der Waals surface area (Å²) in [5.74, 6) is 20.2. The van der Waals surface area contributed by atoms with Crippen molar-refractivity contribution < 1.29 is 86.1 Å². The Labute approximate surface area is 731 Å². The van der Waals surface area contributed by atoms with Gasteiger partial charge in [0.1, 0.15) is 29.1 Å². The first kappa shape index (κ1) is 84.4. The van der Waals surface area contributed by atoms with Gasteiger partial charge in [-0.25, -0.2) is 24.2 Å². The molecule has 18 amide bonds. The number of thiazole rings is 2. The molecule has 128 heavy (non-hydrogen) atoms. The molecule has 19 rings (SSSR count). The Kier molecular flexibility index (Phi) is 22.1. The number of methoxy groups -OCH3 is 4. The standard InChI is InChI=1S/C23H19N5O4S.C23H16N4O6.C22H16N4O5S.C21H15N5O4/c1-27-17-6-3-13(9-18(17)33-21(27)24)7-8-23(20(30)25-22(31)26-23)12-28-11-14-4-5-15(32-2)10-16(14)19(28)29;1-33-14-4-3-13-10-27(20(30)16(13)9-14)11-23(21(31)25-22(32)26-23)7-6-12-2-5-15-17(8-12)19(29)24-18(15)28;1-31-14-4-3-13-10-26(18(27)15(13)9-14)11-22(19(28)24-20(29)25-22)7-6-12-2-5-16-17(8-12)32-21(30)23-16;1-30-15-5-4-14-11-26(18(27)16(14)9-15)12-21(19(28)24-20(29)25-21)7-6-13-3-2-8-23-17(13)10-22/h3-6,9-10,24H,11-12H2,1-2H3,(H2,25,26,30,31);2-5,8-9H,10-11H2,1H3,(H,24,28,29)(H2,25,26,31,32);2-5,8-9H,10-11H2,1H3,(H,23,30)(H2,24,25,28,29);2-5,8-9H,11-12H2,1H3,(H2,24,25,28,29)/t2*23-;22-;21-/m1111/s1. The maximum atomic E-state index is 13.0. The molecule has 0 radical (unpaired) electrons. The summed E-state index contributed by atoms with van der Waals surface area (Å²) in [6, 6.07) is 38.3. The summed E-state index contributed by atoms with van der Waals surface area (Å²) in [7, 11) is 7.88. The third-order valence-electron chi connectivity index (χ3n) is 21.8. The number of amides is 18. The minimum absolute atomic E-state index is 0.0967. The van der Waals surface area contributed by atoms with Gasteiger partial charge in [-0.1, -0.05) is 94.3 Å². The van der Waals surface area contributed by atoms with Crippen LogP contribution in [0.3, 0.4) is 0 Å². The molecule has 4 atom stereocenters. The molecule has 37 nitrogen and oxygen atoms in total. The Morgan fingerprint density at radius 1 is 0.414 bits per heavy atom. The number of aromatic amines is 1. The minimum Gasteiger partial charge on any atom is -0.497 e. The summed E-state index contributed by atoms with van der Waals surface area (Å²) in [5, 5.41) is 38.4. The maximum Gasteiger partial charge on any atom is 0.323 e. The fourth-order valence-corrected chi connectivity index (χ4v) is 17.0. The van der Waals surface area contributed by atoms with Crippen LogP contribution >= 0.6 is 22.7 Å². The average molecular weight is 1760 g/mol. The highest BCUT2D eigenvalue weighted by Gasteiger charge is 2.53. The fraction of sp³-hybridized carbons (Fsp3) is 0.191. The van der Waals surface area contributed by atoms with E-state index in [-0.39, 0.29) is 91.1 Å². The second kappa shape index (κ2) is 33.5. The summed E-state index contributed by atoms with van der Waals surface area (Å²) >= 11 is 2.38. The summed E-state index contributed by atoms with van der Waals surface area (Å²) in [6.45, 7) is 0.538. The molecule has 10 aromatic rings. The summed E-state index contributed by atoms with van der Waals surface area (Å²) in [5.41, 5.74) is 2.60. The topological polar surface area (TPSA) is 495 Å². The number of nitrogens with one attached hydrogen (secondary N) is 11. The SMILES string of the molecule is COc1ccc2c(c1)C(=O)N(C[C@@]1(C#Cc3ccc4[nH]c(=O)sc4c3)NC(=O)NC1=O)C2.COc1ccc2c(c1)C(=O)N(C[C@@]1(C#Cc3ccc4c(c3)C(=O)NC4=O)NC(=O)NC1=O)C2.COc1ccc2c(c1)C(=O)N(C[C@@]1(C#Cc3ccc4c(c3)sc(=N)n4C)NC(=O)NC1=O)C2.COc1ccc2c(c1)C(=O)N(C[C@@]1(C#Cc3cccnc3C#N)NC(=O)NC1=O)C2. The van der Waals surface area contributed by atoms with Crippen LogP contribution in [-0.2, 0) is 52.4 Å². The van der Waals surface area contributed by atoms with E-state index in [9.17, 15) is 77.2 Å². The number of hydrogen-bond donors (Lipinski definition) is 11. The lowest BCUT2D eigenvalue weighted by Gasteiger charge is -2.26. The van der Waals surface area contributed by atoms with Gasteiger partial charge in [-0.15, -0.1) is 0 Å². The zero-order valence-corrected chi connectivity index (χ0v) is 69.3.